The molecule has 2 aromatic carbocycles. The van der Waals surface area contributed by atoms with Crippen molar-refractivity contribution in [3.63, 3.8) is 0 Å². The number of carbonyl (C=O) groups is 1. The first kappa shape index (κ1) is 25.9. The molecule has 0 radical (unpaired) electrons. The molecule has 3 aromatic rings. The zero-order chi connectivity index (χ0) is 24.7. The van der Waals surface area contributed by atoms with Gasteiger partial charge in [0.05, 0.1) is 11.7 Å². The van der Waals surface area contributed by atoms with Crippen LogP contribution < -0.4 is 0 Å². The van der Waals surface area contributed by atoms with E-state index in [-0.39, 0.29) is 31.5 Å². The Balaban J connectivity index is 2.16. The topological polar surface area (TPSA) is 78.6 Å². The van der Waals surface area contributed by atoms with Crippen LogP contribution in [-0.4, -0.2) is 56.2 Å². The number of aromatic nitrogens is 2. The van der Waals surface area contributed by atoms with Crippen LogP contribution in [0.1, 0.15) is 38.2 Å². The van der Waals surface area contributed by atoms with Crippen LogP contribution in [0, 0.1) is 11.3 Å². The van der Waals surface area contributed by atoms with E-state index in [1.54, 1.807) is 4.90 Å². The molecule has 0 spiro atoms. The molecule has 0 aliphatic rings. The van der Waals surface area contributed by atoms with Crippen molar-refractivity contribution in [1.29, 1.82) is 0 Å². The molecule has 34 heavy (non-hydrogen) atoms. The van der Waals surface area contributed by atoms with E-state index in [0.29, 0.717) is 6.54 Å². The number of halogens is 1. The summed E-state index contributed by atoms with van der Waals surface area (Å²) in [6, 6.07) is 19.6. The zero-order valence-electron chi connectivity index (χ0n) is 20.1. The average molecular weight is 484 g/mol. The van der Waals surface area contributed by atoms with Gasteiger partial charge < -0.3 is 19.7 Å². The van der Waals surface area contributed by atoms with Crippen molar-refractivity contribution in [2.75, 3.05) is 25.6 Å². The molecule has 0 fully saturated rings. The van der Waals surface area contributed by atoms with E-state index in [0.717, 1.165) is 22.6 Å². The number of nitrogens with zero attached hydrogens (tertiary/aromatic N) is 3. The number of imidazole rings is 1. The molecule has 2 N–H and O–H groups in total. The van der Waals surface area contributed by atoms with Crippen LogP contribution in [0.4, 0.5) is 0 Å². The van der Waals surface area contributed by atoms with Gasteiger partial charge in [-0.05, 0) is 11.0 Å². The Morgan fingerprint density at radius 1 is 1.03 bits per heavy atom. The van der Waals surface area contributed by atoms with Gasteiger partial charge in [-0.25, -0.2) is 4.98 Å². The maximum atomic E-state index is 13.1. The average Bonchev–Trinajstić information content (AvgIpc) is 3.24. The van der Waals surface area contributed by atoms with Crippen molar-refractivity contribution >= 4 is 17.5 Å². The normalized spacial score (nSPS) is 12.7. The predicted octanol–water partition coefficient (Wildman–Crippen LogP) is 4.35. The van der Waals surface area contributed by atoms with Gasteiger partial charge in [0.2, 0.25) is 5.91 Å². The molecule has 7 heteroatoms. The van der Waals surface area contributed by atoms with E-state index in [2.05, 4.69) is 37.5 Å². The van der Waals surface area contributed by atoms with Crippen molar-refractivity contribution < 1.29 is 15.0 Å². The summed E-state index contributed by atoms with van der Waals surface area (Å²) in [5.41, 5.74) is 2.53. The molecule has 1 atom stereocenters. The van der Waals surface area contributed by atoms with E-state index >= 15 is 0 Å². The largest absolute Gasteiger partial charge is 0.396 e. The zero-order valence-corrected chi connectivity index (χ0v) is 20.8. The minimum Gasteiger partial charge on any atom is -0.396 e. The van der Waals surface area contributed by atoms with Crippen LogP contribution in [0.15, 0.2) is 66.9 Å². The lowest BCUT2D eigenvalue weighted by Gasteiger charge is -2.41. The number of aliphatic hydroxyl groups excluding tert-OH is 2. The van der Waals surface area contributed by atoms with Crippen LogP contribution in [0.3, 0.4) is 0 Å². The number of alkyl halides is 1. The highest BCUT2D eigenvalue weighted by molar-refractivity contribution is 6.27. The minimum atomic E-state index is -0.469. The van der Waals surface area contributed by atoms with E-state index in [1.165, 1.54) is 0 Å². The SMILES string of the molecule is CC(C)(C)C(c1nc(-c2ccccc2)cn1Cc1ccccc1)N(CC(CO)CO)C(=O)CCl. The van der Waals surface area contributed by atoms with E-state index < -0.39 is 17.4 Å². The second-order valence-corrected chi connectivity index (χ2v) is 9.91. The smallest absolute Gasteiger partial charge is 0.238 e. The van der Waals surface area contributed by atoms with Crippen molar-refractivity contribution in [2.45, 2.75) is 33.4 Å². The van der Waals surface area contributed by atoms with Crippen molar-refractivity contribution in [2.24, 2.45) is 11.3 Å². The minimum absolute atomic E-state index is 0.180. The molecule has 1 amide bonds. The lowest BCUT2D eigenvalue weighted by Crippen LogP contribution is -2.46. The highest BCUT2D eigenvalue weighted by Gasteiger charge is 2.39. The number of rotatable bonds is 10. The molecular weight excluding hydrogens is 450 g/mol. The number of hydrogen-bond donors (Lipinski definition) is 2. The van der Waals surface area contributed by atoms with Crippen molar-refractivity contribution in [3.8, 4) is 11.3 Å². The number of benzene rings is 2. The van der Waals surface area contributed by atoms with Gasteiger partial charge in [-0.2, -0.15) is 0 Å². The van der Waals surface area contributed by atoms with Gasteiger partial charge in [-0.3, -0.25) is 4.79 Å². The molecule has 0 aliphatic carbocycles. The van der Waals surface area contributed by atoms with Crippen LogP contribution in [0.5, 0.6) is 0 Å². The summed E-state index contributed by atoms with van der Waals surface area (Å²) in [5, 5.41) is 19.5. The number of hydrogen-bond acceptors (Lipinski definition) is 4. The number of aliphatic hydroxyl groups is 2. The summed E-state index contributed by atoms with van der Waals surface area (Å²) >= 11 is 6.03. The third-order valence-corrected chi connectivity index (χ3v) is 6.08. The molecule has 1 heterocycles. The Morgan fingerprint density at radius 3 is 2.15 bits per heavy atom. The lowest BCUT2D eigenvalue weighted by molar-refractivity contribution is -0.135. The summed E-state index contributed by atoms with van der Waals surface area (Å²) in [6.07, 6.45) is 2.02. The van der Waals surface area contributed by atoms with Crippen molar-refractivity contribution in [3.05, 3.63) is 78.2 Å². The summed E-state index contributed by atoms with van der Waals surface area (Å²) < 4.78 is 2.09. The first-order chi connectivity index (χ1) is 16.3. The first-order valence-corrected chi connectivity index (χ1v) is 12.1. The number of amides is 1. The Bertz CT molecular complexity index is 1040. The fourth-order valence-corrected chi connectivity index (χ4v) is 4.33. The van der Waals surface area contributed by atoms with Crippen molar-refractivity contribution in [1.82, 2.24) is 14.5 Å². The maximum Gasteiger partial charge on any atom is 0.238 e. The van der Waals surface area contributed by atoms with Crippen LogP contribution in [0.2, 0.25) is 0 Å². The van der Waals surface area contributed by atoms with Gasteiger partial charge in [0.25, 0.3) is 0 Å². The van der Waals surface area contributed by atoms with Gasteiger partial charge in [0.15, 0.2) is 0 Å². The fourth-order valence-electron chi connectivity index (χ4n) is 4.18. The van der Waals surface area contributed by atoms with Gasteiger partial charge in [-0.1, -0.05) is 81.4 Å². The summed E-state index contributed by atoms with van der Waals surface area (Å²) in [6.45, 7) is 6.49. The summed E-state index contributed by atoms with van der Waals surface area (Å²) in [5.74, 6) is -0.184. The number of carbonyl (C=O) groups excluding carboxylic acids is 1. The molecule has 0 bridgehead atoms. The Labute approximate surface area is 206 Å². The molecule has 3 rings (SSSR count). The van der Waals surface area contributed by atoms with Crippen LogP contribution >= 0.6 is 11.6 Å². The van der Waals surface area contributed by atoms with Gasteiger partial charge in [-0.15, -0.1) is 11.6 Å². The Kier molecular flexibility index (Phi) is 8.89. The highest BCUT2D eigenvalue weighted by atomic mass is 35.5. The molecule has 1 aromatic heterocycles. The van der Waals surface area contributed by atoms with Gasteiger partial charge >= 0.3 is 0 Å². The molecule has 1 unspecified atom stereocenters. The first-order valence-electron chi connectivity index (χ1n) is 11.5. The monoisotopic (exact) mass is 483 g/mol. The second kappa shape index (κ2) is 11.6. The summed E-state index contributed by atoms with van der Waals surface area (Å²) in [4.78, 5) is 19.8. The fraction of sp³-hybridized carbons (Fsp3) is 0.407. The van der Waals surface area contributed by atoms with E-state index in [1.807, 2.05) is 54.7 Å². The third-order valence-electron chi connectivity index (χ3n) is 5.86. The lowest BCUT2D eigenvalue weighted by atomic mass is 9.84. The Hall–Kier alpha value is -2.67. The highest BCUT2D eigenvalue weighted by Crippen LogP contribution is 2.39. The molecule has 182 valence electrons. The third kappa shape index (κ3) is 6.26. The van der Waals surface area contributed by atoms with Crippen LogP contribution in [0.25, 0.3) is 11.3 Å². The molecule has 6 nitrogen and oxygen atoms in total. The standard InChI is InChI=1S/C27H34ClN3O3/c1-27(2,3)25(31(24(34)14-28)16-21(18-32)19-33)26-29-23(22-12-8-5-9-13-22)17-30(26)15-20-10-6-4-7-11-20/h4-13,17,21,25,32-33H,14-16,18-19H2,1-3H3. The molecule has 0 saturated carbocycles. The Morgan fingerprint density at radius 2 is 1.62 bits per heavy atom. The quantitative estimate of drug-likeness (QED) is 0.420. The van der Waals surface area contributed by atoms with Gasteiger partial charge in [0.1, 0.15) is 11.7 Å². The van der Waals surface area contributed by atoms with E-state index in [4.69, 9.17) is 16.6 Å². The predicted molar refractivity (Wildman–Crippen MR) is 135 cm³/mol. The molecular formula is C27H34ClN3O3. The van der Waals surface area contributed by atoms with E-state index in [9.17, 15) is 15.0 Å². The summed E-state index contributed by atoms with van der Waals surface area (Å²) in [7, 11) is 0. The molecule has 0 saturated heterocycles. The molecule has 0 aliphatic heterocycles. The van der Waals surface area contributed by atoms with Gasteiger partial charge in [0, 0.05) is 44.0 Å². The second-order valence-electron chi connectivity index (χ2n) is 9.64. The maximum absolute atomic E-state index is 13.1. The van der Waals surface area contributed by atoms with Crippen LogP contribution in [-0.2, 0) is 11.3 Å².